The molecule has 1 aliphatic rings. The summed E-state index contributed by atoms with van der Waals surface area (Å²) in [6.45, 7) is 0. The van der Waals surface area contributed by atoms with Crippen molar-refractivity contribution >= 4 is 32.9 Å². The molecule has 0 aromatic carbocycles. The molecule has 0 unspecified atom stereocenters. The third-order valence-corrected chi connectivity index (χ3v) is 3.70. The van der Waals surface area contributed by atoms with Gasteiger partial charge in [0.05, 0.1) is 0 Å². The first-order chi connectivity index (χ1) is 6.33. The maximum Gasteiger partial charge on any atom is 0.00390 e. The quantitative estimate of drug-likeness (QED) is 0.598. The number of rotatable bonds is 5. The van der Waals surface area contributed by atoms with Crippen LogP contribution in [0, 0.1) is 5.92 Å². The molecule has 1 nitrogen and oxygen atoms in total. The van der Waals surface area contributed by atoms with Crippen LogP contribution in [0.25, 0.3) is 0 Å². The van der Waals surface area contributed by atoms with Crippen molar-refractivity contribution in [2.75, 3.05) is 5.33 Å². The standard InChI is InChI=1S/C11H22BrN.BrH/c12-9-3-1-2-4-10-5-7-11(13)8-6-10;/h10-11H,1-9,13H2;1H/t10-,11-;. The van der Waals surface area contributed by atoms with E-state index < -0.39 is 0 Å². The Morgan fingerprint density at radius 3 is 2.21 bits per heavy atom. The Balaban J connectivity index is 0.00000169. The molecule has 1 fully saturated rings. The van der Waals surface area contributed by atoms with Gasteiger partial charge in [-0.3, -0.25) is 0 Å². The molecule has 14 heavy (non-hydrogen) atoms. The smallest absolute Gasteiger partial charge is 0.00390 e. The Morgan fingerprint density at radius 2 is 1.64 bits per heavy atom. The zero-order valence-electron chi connectivity index (χ0n) is 8.88. The molecule has 86 valence electrons. The zero-order chi connectivity index (χ0) is 9.52. The first kappa shape index (κ1) is 14.9. The maximum absolute atomic E-state index is 5.87. The largest absolute Gasteiger partial charge is 0.328 e. The van der Waals surface area contributed by atoms with E-state index in [0.29, 0.717) is 6.04 Å². The summed E-state index contributed by atoms with van der Waals surface area (Å²) in [5, 5.41) is 1.17. The molecule has 0 aromatic rings. The van der Waals surface area contributed by atoms with E-state index in [1.807, 2.05) is 0 Å². The number of unbranched alkanes of at least 4 members (excludes halogenated alkanes) is 2. The lowest BCUT2D eigenvalue weighted by Gasteiger charge is -2.25. The van der Waals surface area contributed by atoms with Crippen LogP contribution in [0.5, 0.6) is 0 Å². The fraction of sp³-hybridized carbons (Fsp3) is 1.00. The molecule has 3 heteroatoms. The minimum absolute atomic E-state index is 0. The summed E-state index contributed by atoms with van der Waals surface area (Å²) in [6.07, 6.45) is 10.9. The number of halogens is 2. The van der Waals surface area contributed by atoms with Gasteiger partial charge >= 0.3 is 0 Å². The minimum atomic E-state index is 0. The second kappa shape index (κ2) is 9.17. The number of alkyl halides is 1. The van der Waals surface area contributed by atoms with Gasteiger partial charge in [0.15, 0.2) is 0 Å². The molecular formula is C11H23Br2N. The summed E-state index contributed by atoms with van der Waals surface area (Å²) in [5.41, 5.74) is 5.87. The number of nitrogens with two attached hydrogens (primary N) is 1. The second-order valence-electron chi connectivity index (χ2n) is 4.32. The summed E-state index contributed by atoms with van der Waals surface area (Å²) < 4.78 is 0. The van der Waals surface area contributed by atoms with E-state index >= 15 is 0 Å². The van der Waals surface area contributed by atoms with Crippen LogP contribution in [-0.4, -0.2) is 11.4 Å². The predicted molar refractivity (Wildman–Crippen MR) is 72.5 cm³/mol. The average molecular weight is 329 g/mol. The molecule has 2 N–H and O–H groups in total. The fourth-order valence-electron chi connectivity index (χ4n) is 2.18. The lowest BCUT2D eigenvalue weighted by molar-refractivity contribution is 0.303. The molecule has 1 rings (SSSR count). The van der Waals surface area contributed by atoms with Crippen LogP contribution in [0.15, 0.2) is 0 Å². The molecule has 0 atom stereocenters. The van der Waals surface area contributed by atoms with Crippen LogP contribution in [0.4, 0.5) is 0 Å². The van der Waals surface area contributed by atoms with Crippen LogP contribution in [0.2, 0.25) is 0 Å². The van der Waals surface area contributed by atoms with Gasteiger partial charge < -0.3 is 5.73 Å². The topological polar surface area (TPSA) is 26.0 Å². The third-order valence-electron chi connectivity index (χ3n) is 3.14. The highest BCUT2D eigenvalue weighted by Crippen LogP contribution is 2.27. The van der Waals surface area contributed by atoms with E-state index in [0.717, 1.165) is 5.92 Å². The Morgan fingerprint density at radius 1 is 1.00 bits per heavy atom. The molecule has 0 spiro atoms. The molecule has 0 radical (unpaired) electrons. The highest BCUT2D eigenvalue weighted by molar-refractivity contribution is 9.09. The van der Waals surface area contributed by atoms with Gasteiger partial charge in [0.2, 0.25) is 0 Å². The van der Waals surface area contributed by atoms with Crippen LogP contribution >= 0.6 is 32.9 Å². The molecule has 1 aliphatic carbocycles. The molecule has 0 aromatic heterocycles. The van der Waals surface area contributed by atoms with Crippen molar-refractivity contribution in [3.63, 3.8) is 0 Å². The second-order valence-corrected chi connectivity index (χ2v) is 5.11. The Bertz CT molecular complexity index is 122. The van der Waals surface area contributed by atoms with Crippen molar-refractivity contribution in [1.82, 2.24) is 0 Å². The van der Waals surface area contributed by atoms with Crippen molar-refractivity contribution in [2.24, 2.45) is 11.7 Å². The highest BCUT2D eigenvalue weighted by atomic mass is 79.9. The number of hydrogen-bond acceptors (Lipinski definition) is 1. The molecule has 0 saturated heterocycles. The van der Waals surface area contributed by atoms with E-state index in [4.69, 9.17) is 5.73 Å². The van der Waals surface area contributed by atoms with E-state index in [9.17, 15) is 0 Å². The maximum atomic E-state index is 5.87. The highest BCUT2D eigenvalue weighted by Gasteiger charge is 2.17. The van der Waals surface area contributed by atoms with Crippen molar-refractivity contribution in [2.45, 2.75) is 57.4 Å². The first-order valence-electron chi connectivity index (χ1n) is 5.64. The molecule has 0 bridgehead atoms. The van der Waals surface area contributed by atoms with Gasteiger partial charge in [-0.2, -0.15) is 0 Å². The van der Waals surface area contributed by atoms with E-state index in [-0.39, 0.29) is 17.0 Å². The summed E-state index contributed by atoms with van der Waals surface area (Å²) in [6, 6.07) is 0.513. The monoisotopic (exact) mass is 327 g/mol. The Labute approximate surface area is 107 Å². The van der Waals surface area contributed by atoms with Gasteiger partial charge in [-0.05, 0) is 38.0 Å². The van der Waals surface area contributed by atoms with Crippen LogP contribution in [0.3, 0.4) is 0 Å². The summed E-state index contributed by atoms with van der Waals surface area (Å²) in [5.74, 6) is 0.995. The van der Waals surface area contributed by atoms with Gasteiger partial charge in [-0.1, -0.05) is 35.2 Å². The van der Waals surface area contributed by atoms with Crippen molar-refractivity contribution in [3.05, 3.63) is 0 Å². The molecule has 1 saturated carbocycles. The van der Waals surface area contributed by atoms with Gasteiger partial charge in [0, 0.05) is 11.4 Å². The summed E-state index contributed by atoms with van der Waals surface area (Å²) in [7, 11) is 0. The lowest BCUT2D eigenvalue weighted by Crippen LogP contribution is -2.26. The third kappa shape index (κ3) is 6.41. The summed E-state index contributed by atoms with van der Waals surface area (Å²) in [4.78, 5) is 0. The van der Waals surface area contributed by atoms with Crippen LogP contribution in [0.1, 0.15) is 51.4 Å². The van der Waals surface area contributed by atoms with Crippen LogP contribution < -0.4 is 5.73 Å². The fourth-order valence-corrected chi connectivity index (χ4v) is 2.58. The minimum Gasteiger partial charge on any atom is -0.328 e. The number of hydrogen-bond donors (Lipinski definition) is 1. The van der Waals surface area contributed by atoms with Gasteiger partial charge in [0.25, 0.3) is 0 Å². The van der Waals surface area contributed by atoms with E-state index in [2.05, 4.69) is 15.9 Å². The van der Waals surface area contributed by atoms with E-state index in [1.165, 1.54) is 56.7 Å². The molecule has 0 heterocycles. The molecule has 0 amide bonds. The lowest BCUT2D eigenvalue weighted by atomic mass is 9.83. The normalized spacial score (nSPS) is 27.0. The zero-order valence-corrected chi connectivity index (χ0v) is 12.2. The summed E-state index contributed by atoms with van der Waals surface area (Å²) >= 11 is 3.47. The SMILES string of the molecule is Br.N[C@H]1CC[C@H](CCCCCBr)CC1. The van der Waals surface area contributed by atoms with Crippen molar-refractivity contribution < 1.29 is 0 Å². The predicted octanol–water partition coefficient (Wildman–Crippen LogP) is 4.04. The van der Waals surface area contributed by atoms with Crippen LogP contribution in [-0.2, 0) is 0 Å². The van der Waals surface area contributed by atoms with Gasteiger partial charge in [0.1, 0.15) is 0 Å². The average Bonchev–Trinajstić information content (AvgIpc) is 2.15. The molecular weight excluding hydrogens is 306 g/mol. The molecule has 0 aliphatic heterocycles. The first-order valence-corrected chi connectivity index (χ1v) is 6.76. The Kier molecular flexibility index (Phi) is 9.77. The van der Waals surface area contributed by atoms with E-state index in [1.54, 1.807) is 0 Å². The van der Waals surface area contributed by atoms with Crippen molar-refractivity contribution in [1.29, 1.82) is 0 Å². The Hall–Kier alpha value is 0.920. The van der Waals surface area contributed by atoms with Gasteiger partial charge in [-0.15, -0.1) is 17.0 Å². The van der Waals surface area contributed by atoms with Crippen molar-refractivity contribution in [3.8, 4) is 0 Å². The van der Waals surface area contributed by atoms with Gasteiger partial charge in [-0.25, -0.2) is 0 Å².